The molecule has 0 saturated carbocycles. The molecule has 3 heteroatoms. The van der Waals surface area contributed by atoms with Gasteiger partial charge in [-0.2, -0.15) is 0 Å². The third kappa shape index (κ3) is 3.73. The minimum absolute atomic E-state index is 0.835. The van der Waals surface area contributed by atoms with Gasteiger partial charge in [0.05, 0.1) is 0 Å². The molecule has 0 bridgehead atoms. The lowest BCUT2D eigenvalue weighted by Gasteiger charge is -2.11. The number of aliphatic hydroxyl groups is 1. The molecular weight excluding hydrogens is 190 g/mol. The molecule has 1 aromatic rings. The number of nitrogens with zero attached hydrogens (tertiary/aromatic N) is 1. The van der Waals surface area contributed by atoms with Crippen molar-refractivity contribution < 1.29 is 9.84 Å². The number of rotatable bonds is 4. The second-order valence-corrected chi connectivity index (χ2v) is 3.47. The Morgan fingerprint density at radius 1 is 1.27 bits per heavy atom. The number of hydrogen-bond acceptors (Lipinski definition) is 3. The summed E-state index contributed by atoms with van der Waals surface area (Å²) in [6.45, 7) is 0. The van der Waals surface area contributed by atoms with E-state index in [9.17, 15) is 0 Å². The Morgan fingerprint density at radius 3 is 2.33 bits per heavy atom. The predicted octanol–water partition coefficient (Wildman–Crippen LogP) is 1.73. The predicted molar refractivity (Wildman–Crippen MR) is 62.8 cm³/mol. The van der Waals surface area contributed by atoms with Gasteiger partial charge in [0.15, 0.2) is 6.29 Å². The average molecular weight is 207 g/mol. The van der Waals surface area contributed by atoms with Crippen molar-refractivity contribution in [2.75, 3.05) is 26.1 Å². The Labute approximate surface area is 90.6 Å². The van der Waals surface area contributed by atoms with Crippen LogP contribution in [0.15, 0.2) is 30.3 Å². The van der Waals surface area contributed by atoms with Crippen molar-refractivity contribution in [3.8, 4) is 0 Å². The van der Waals surface area contributed by atoms with Crippen molar-refractivity contribution in [1.29, 1.82) is 0 Å². The number of methoxy groups -OCH3 is 1. The molecule has 82 valence electrons. The van der Waals surface area contributed by atoms with Crippen LogP contribution in [0.5, 0.6) is 0 Å². The SMILES string of the molecule is COC(O)C=Cc1ccc(N(C)C)cc1. The van der Waals surface area contributed by atoms with Crippen molar-refractivity contribution in [3.05, 3.63) is 35.9 Å². The highest BCUT2D eigenvalue weighted by atomic mass is 16.6. The monoisotopic (exact) mass is 207 g/mol. The van der Waals surface area contributed by atoms with E-state index in [4.69, 9.17) is 9.84 Å². The summed E-state index contributed by atoms with van der Waals surface area (Å²) in [6.07, 6.45) is 2.59. The van der Waals surface area contributed by atoms with Gasteiger partial charge in [-0.05, 0) is 23.8 Å². The van der Waals surface area contributed by atoms with Gasteiger partial charge in [-0.1, -0.05) is 18.2 Å². The van der Waals surface area contributed by atoms with E-state index < -0.39 is 6.29 Å². The zero-order valence-corrected chi connectivity index (χ0v) is 9.34. The van der Waals surface area contributed by atoms with Crippen LogP contribution >= 0.6 is 0 Å². The van der Waals surface area contributed by atoms with Crippen LogP contribution in [0.25, 0.3) is 6.08 Å². The maximum atomic E-state index is 9.14. The smallest absolute Gasteiger partial charge is 0.174 e. The van der Waals surface area contributed by atoms with Crippen LogP contribution in [0.2, 0.25) is 0 Å². The first-order valence-electron chi connectivity index (χ1n) is 4.80. The number of ether oxygens (including phenoxy) is 1. The summed E-state index contributed by atoms with van der Waals surface area (Å²) in [5.41, 5.74) is 2.19. The lowest BCUT2D eigenvalue weighted by molar-refractivity contribution is -0.0350. The second kappa shape index (κ2) is 5.53. The van der Waals surface area contributed by atoms with Gasteiger partial charge in [-0.3, -0.25) is 0 Å². The zero-order chi connectivity index (χ0) is 11.3. The first-order chi connectivity index (χ1) is 7.13. The van der Waals surface area contributed by atoms with Crippen LogP contribution in [-0.2, 0) is 4.74 Å². The van der Waals surface area contributed by atoms with Crippen molar-refractivity contribution >= 4 is 11.8 Å². The Bertz CT molecular complexity index is 317. The molecule has 0 aliphatic carbocycles. The summed E-state index contributed by atoms with van der Waals surface area (Å²) in [4.78, 5) is 2.04. The van der Waals surface area contributed by atoms with Crippen LogP contribution in [-0.4, -0.2) is 32.6 Å². The van der Waals surface area contributed by atoms with Gasteiger partial charge < -0.3 is 14.7 Å². The summed E-state index contributed by atoms with van der Waals surface area (Å²) < 4.78 is 4.69. The Kier molecular flexibility index (Phi) is 4.34. The molecule has 0 aromatic heterocycles. The van der Waals surface area contributed by atoms with Gasteiger partial charge in [0.25, 0.3) is 0 Å². The maximum Gasteiger partial charge on any atom is 0.174 e. The Hall–Kier alpha value is -1.32. The molecule has 1 unspecified atom stereocenters. The van der Waals surface area contributed by atoms with Crippen LogP contribution in [0.4, 0.5) is 5.69 Å². The van der Waals surface area contributed by atoms with Crippen LogP contribution < -0.4 is 4.90 Å². The van der Waals surface area contributed by atoms with E-state index in [1.807, 2.05) is 49.3 Å². The average Bonchev–Trinajstić information content (AvgIpc) is 2.26. The van der Waals surface area contributed by atoms with Crippen molar-refractivity contribution in [3.63, 3.8) is 0 Å². The Balaban J connectivity index is 2.68. The van der Waals surface area contributed by atoms with Crippen molar-refractivity contribution in [1.82, 2.24) is 0 Å². The fraction of sp³-hybridized carbons (Fsp3) is 0.333. The molecule has 0 aliphatic heterocycles. The molecule has 0 amide bonds. The molecule has 0 heterocycles. The minimum Gasteiger partial charge on any atom is -0.378 e. The quantitative estimate of drug-likeness (QED) is 0.763. The summed E-state index contributed by atoms with van der Waals surface area (Å²) in [6, 6.07) is 8.04. The van der Waals surface area contributed by atoms with E-state index in [1.54, 1.807) is 6.08 Å². The first kappa shape index (κ1) is 11.8. The fourth-order valence-electron chi connectivity index (χ4n) is 1.16. The molecule has 0 saturated heterocycles. The third-order valence-corrected chi connectivity index (χ3v) is 2.10. The standard InChI is InChI=1S/C12H17NO2/c1-13(2)11-7-4-10(5-8-11)6-9-12(14)15-3/h4-9,12,14H,1-3H3. The molecule has 15 heavy (non-hydrogen) atoms. The number of anilines is 1. The van der Waals surface area contributed by atoms with Gasteiger partial charge in [0.1, 0.15) is 0 Å². The van der Waals surface area contributed by atoms with Gasteiger partial charge >= 0.3 is 0 Å². The summed E-state index contributed by atoms with van der Waals surface area (Å²) in [7, 11) is 5.46. The van der Waals surface area contributed by atoms with E-state index in [1.165, 1.54) is 7.11 Å². The van der Waals surface area contributed by atoms with Gasteiger partial charge in [0, 0.05) is 26.9 Å². The van der Waals surface area contributed by atoms with Crippen molar-refractivity contribution in [2.45, 2.75) is 6.29 Å². The lowest BCUT2D eigenvalue weighted by atomic mass is 10.2. The summed E-state index contributed by atoms with van der Waals surface area (Å²) in [5.74, 6) is 0. The number of aliphatic hydroxyl groups excluding tert-OH is 1. The zero-order valence-electron chi connectivity index (χ0n) is 9.34. The number of benzene rings is 1. The maximum absolute atomic E-state index is 9.14. The van der Waals surface area contributed by atoms with Gasteiger partial charge in [-0.15, -0.1) is 0 Å². The molecule has 1 aromatic carbocycles. The van der Waals surface area contributed by atoms with Crippen LogP contribution in [0.1, 0.15) is 5.56 Å². The molecule has 0 aliphatic rings. The highest BCUT2D eigenvalue weighted by Crippen LogP contribution is 2.13. The largest absolute Gasteiger partial charge is 0.378 e. The lowest BCUT2D eigenvalue weighted by Crippen LogP contribution is -2.08. The van der Waals surface area contributed by atoms with Gasteiger partial charge in [-0.25, -0.2) is 0 Å². The molecule has 1 atom stereocenters. The van der Waals surface area contributed by atoms with E-state index >= 15 is 0 Å². The minimum atomic E-state index is -0.835. The van der Waals surface area contributed by atoms with Crippen molar-refractivity contribution in [2.24, 2.45) is 0 Å². The molecule has 1 N–H and O–H groups in total. The summed E-state index contributed by atoms with van der Waals surface area (Å²) in [5, 5.41) is 9.14. The van der Waals surface area contributed by atoms with Gasteiger partial charge in [0.2, 0.25) is 0 Å². The highest BCUT2D eigenvalue weighted by molar-refractivity contribution is 5.55. The molecule has 1 rings (SSSR count). The molecular formula is C12H17NO2. The van der Waals surface area contributed by atoms with E-state index in [0.29, 0.717) is 0 Å². The van der Waals surface area contributed by atoms with E-state index in [0.717, 1.165) is 11.3 Å². The van der Waals surface area contributed by atoms with E-state index in [-0.39, 0.29) is 0 Å². The molecule has 0 spiro atoms. The van der Waals surface area contributed by atoms with Crippen LogP contribution in [0, 0.1) is 0 Å². The fourth-order valence-corrected chi connectivity index (χ4v) is 1.16. The number of hydrogen-bond donors (Lipinski definition) is 1. The highest BCUT2D eigenvalue weighted by Gasteiger charge is 1.95. The molecule has 3 nitrogen and oxygen atoms in total. The summed E-state index contributed by atoms with van der Waals surface area (Å²) >= 11 is 0. The molecule has 0 fully saturated rings. The Morgan fingerprint density at radius 2 is 1.87 bits per heavy atom. The normalized spacial score (nSPS) is 13.1. The first-order valence-corrected chi connectivity index (χ1v) is 4.80. The second-order valence-electron chi connectivity index (χ2n) is 3.47. The molecule has 0 radical (unpaired) electrons. The topological polar surface area (TPSA) is 32.7 Å². The van der Waals surface area contributed by atoms with Crippen LogP contribution in [0.3, 0.4) is 0 Å². The van der Waals surface area contributed by atoms with E-state index in [2.05, 4.69) is 0 Å². The third-order valence-electron chi connectivity index (χ3n) is 2.10.